The lowest BCUT2D eigenvalue weighted by atomic mass is 9.94. The molecule has 0 radical (unpaired) electrons. The SMILES string of the molecule is CCn1nc2c(c(C(F)F)cc(=O)n2CCC(=O)N(C)C2CCCCC2)c1C. The predicted octanol–water partition coefficient (Wildman–Crippen LogP) is 3.65. The first-order chi connectivity index (χ1) is 13.3. The fourth-order valence-corrected chi connectivity index (χ4v) is 4.20. The van der Waals surface area contributed by atoms with E-state index in [2.05, 4.69) is 5.10 Å². The third-order valence-electron chi connectivity index (χ3n) is 5.88. The van der Waals surface area contributed by atoms with Gasteiger partial charge >= 0.3 is 0 Å². The van der Waals surface area contributed by atoms with Gasteiger partial charge in [-0.2, -0.15) is 5.10 Å². The summed E-state index contributed by atoms with van der Waals surface area (Å²) < 4.78 is 29.9. The molecule has 154 valence electrons. The summed E-state index contributed by atoms with van der Waals surface area (Å²) in [5.74, 6) is -0.0310. The van der Waals surface area contributed by atoms with Crippen LogP contribution in [-0.2, 0) is 17.9 Å². The summed E-state index contributed by atoms with van der Waals surface area (Å²) in [6.07, 6.45) is 2.88. The van der Waals surface area contributed by atoms with Crippen LogP contribution >= 0.6 is 0 Å². The highest BCUT2D eigenvalue weighted by Crippen LogP contribution is 2.29. The van der Waals surface area contributed by atoms with Crippen molar-refractivity contribution in [1.82, 2.24) is 19.2 Å². The van der Waals surface area contributed by atoms with Crippen LogP contribution < -0.4 is 5.56 Å². The van der Waals surface area contributed by atoms with Gasteiger partial charge in [-0.15, -0.1) is 0 Å². The Morgan fingerprint density at radius 3 is 2.61 bits per heavy atom. The molecule has 0 N–H and O–H groups in total. The maximum atomic E-state index is 13.5. The smallest absolute Gasteiger partial charge is 0.264 e. The molecule has 2 heterocycles. The average Bonchev–Trinajstić information content (AvgIpc) is 3.02. The van der Waals surface area contributed by atoms with Gasteiger partial charge in [0.05, 0.1) is 0 Å². The van der Waals surface area contributed by atoms with E-state index in [1.54, 1.807) is 16.5 Å². The number of alkyl halides is 2. The van der Waals surface area contributed by atoms with Crippen LogP contribution in [0, 0.1) is 6.92 Å². The normalized spacial score (nSPS) is 15.5. The molecular weight excluding hydrogens is 366 g/mol. The molecule has 0 aromatic carbocycles. The molecule has 2 aromatic rings. The van der Waals surface area contributed by atoms with E-state index < -0.39 is 12.0 Å². The number of fused-ring (bicyclic) bond motifs is 1. The van der Waals surface area contributed by atoms with E-state index >= 15 is 0 Å². The van der Waals surface area contributed by atoms with Crippen molar-refractivity contribution < 1.29 is 13.6 Å². The molecule has 8 heteroatoms. The minimum atomic E-state index is -2.75. The number of aromatic nitrogens is 3. The van der Waals surface area contributed by atoms with Crippen LogP contribution in [0.4, 0.5) is 8.78 Å². The van der Waals surface area contributed by atoms with Crippen molar-refractivity contribution >= 4 is 16.9 Å². The molecule has 1 saturated carbocycles. The quantitative estimate of drug-likeness (QED) is 0.752. The van der Waals surface area contributed by atoms with E-state index in [0.717, 1.165) is 31.7 Å². The summed E-state index contributed by atoms with van der Waals surface area (Å²) in [5, 5.41) is 4.68. The lowest BCUT2D eigenvalue weighted by Crippen LogP contribution is -2.39. The van der Waals surface area contributed by atoms with Crippen molar-refractivity contribution in [2.24, 2.45) is 0 Å². The molecular formula is C20H28F2N4O2. The molecule has 1 aliphatic carbocycles. The molecule has 1 amide bonds. The molecule has 0 bridgehead atoms. The fourth-order valence-electron chi connectivity index (χ4n) is 4.20. The van der Waals surface area contributed by atoms with Crippen LogP contribution in [0.2, 0.25) is 0 Å². The number of aryl methyl sites for hydroxylation is 3. The van der Waals surface area contributed by atoms with Gasteiger partial charge in [0, 0.05) is 55.3 Å². The molecule has 1 fully saturated rings. The lowest BCUT2D eigenvalue weighted by Gasteiger charge is -2.31. The summed E-state index contributed by atoms with van der Waals surface area (Å²) in [6.45, 7) is 4.24. The highest BCUT2D eigenvalue weighted by molar-refractivity contribution is 5.83. The molecule has 0 saturated heterocycles. The molecule has 0 spiro atoms. The first-order valence-electron chi connectivity index (χ1n) is 9.99. The largest absolute Gasteiger partial charge is 0.343 e. The summed E-state index contributed by atoms with van der Waals surface area (Å²) >= 11 is 0. The first kappa shape index (κ1) is 20.5. The Bertz CT molecular complexity index is 913. The standard InChI is InChI=1S/C20H28F2N4O2/c1-4-26-13(2)18-15(19(21)22)12-17(28)25(20(18)23-26)11-10-16(27)24(3)14-8-6-5-7-9-14/h12,14,19H,4-11H2,1-3H3. The van der Waals surface area contributed by atoms with Gasteiger partial charge in [0.15, 0.2) is 5.65 Å². The second-order valence-corrected chi connectivity index (χ2v) is 7.54. The van der Waals surface area contributed by atoms with Gasteiger partial charge in [0.2, 0.25) is 5.91 Å². The van der Waals surface area contributed by atoms with Gasteiger partial charge in [-0.1, -0.05) is 19.3 Å². The number of nitrogens with zero attached hydrogens (tertiary/aromatic N) is 4. The number of carbonyl (C=O) groups excluding carboxylic acids is 1. The Morgan fingerprint density at radius 2 is 2.00 bits per heavy atom. The van der Waals surface area contributed by atoms with Crippen molar-refractivity contribution in [2.45, 2.75) is 77.9 Å². The minimum Gasteiger partial charge on any atom is -0.343 e. The molecule has 2 aromatic heterocycles. The van der Waals surface area contributed by atoms with Gasteiger partial charge in [-0.25, -0.2) is 8.78 Å². The zero-order valence-corrected chi connectivity index (χ0v) is 16.8. The molecule has 0 unspecified atom stereocenters. The van der Waals surface area contributed by atoms with Gasteiger partial charge in [-0.05, 0) is 26.7 Å². The fraction of sp³-hybridized carbons (Fsp3) is 0.650. The van der Waals surface area contributed by atoms with Crippen molar-refractivity contribution in [3.05, 3.63) is 27.7 Å². The highest BCUT2D eigenvalue weighted by Gasteiger charge is 2.24. The van der Waals surface area contributed by atoms with Gasteiger partial charge < -0.3 is 4.90 Å². The number of hydrogen-bond donors (Lipinski definition) is 0. The van der Waals surface area contributed by atoms with Crippen molar-refractivity contribution in [1.29, 1.82) is 0 Å². The summed E-state index contributed by atoms with van der Waals surface area (Å²) in [6, 6.07) is 1.23. The molecule has 3 rings (SSSR count). The number of pyridine rings is 1. The number of rotatable bonds is 6. The van der Waals surface area contributed by atoms with Crippen LogP contribution in [0.25, 0.3) is 11.0 Å². The number of carbonyl (C=O) groups is 1. The average molecular weight is 394 g/mol. The maximum absolute atomic E-state index is 13.5. The second kappa shape index (κ2) is 8.41. The van der Waals surface area contributed by atoms with Crippen molar-refractivity contribution in [3.8, 4) is 0 Å². The Hall–Kier alpha value is -2.25. The van der Waals surface area contributed by atoms with E-state index in [4.69, 9.17) is 0 Å². The number of hydrogen-bond acceptors (Lipinski definition) is 3. The van der Waals surface area contributed by atoms with Crippen LogP contribution in [0.1, 0.15) is 63.1 Å². The Morgan fingerprint density at radius 1 is 1.32 bits per heavy atom. The molecule has 0 atom stereocenters. The Balaban J connectivity index is 1.88. The first-order valence-corrected chi connectivity index (χ1v) is 9.99. The van der Waals surface area contributed by atoms with E-state index in [-0.39, 0.29) is 36.1 Å². The zero-order valence-electron chi connectivity index (χ0n) is 16.8. The number of amides is 1. The molecule has 0 aliphatic heterocycles. The van der Waals surface area contributed by atoms with Crippen molar-refractivity contribution in [3.63, 3.8) is 0 Å². The van der Waals surface area contributed by atoms with Gasteiger partial charge in [0.25, 0.3) is 12.0 Å². The van der Waals surface area contributed by atoms with Gasteiger partial charge in [0.1, 0.15) is 0 Å². The summed E-state index contributed by atoms with van der Waals surface area (Å²) in [5.41, 5.74) is -0.00163. The monoisotopic (exact) mass is 394 g/mol. The van der Waals surface area contributed by atoms with E-state index in [1.807, 2.05) is 14.0 Å². The van der Waals surface area contributed by atoms with Crippen LogP contribution in [-0.4, -0.2) is 38.2 Å². The zero-order chi connectivity index (χ0) is 20.4. The summed E-state index contributed by atoms with van der Waals surface area (Å²) in [4.78, 5) is 26.9. The van der Waals surface area contributed by atoms with Crippen LogP contribution in [0.3, 0.4) is 0 Å². The molecule has 6 nitrogen and oxygen atoms in total. The minimum absolute atomic E-state index is 0.0310. The van der Waals surface area contributed by atoms with E-state index in [0.29, 0.717) is 17.6 Å². The third kappa shape index (κ3) is 3.82. The molecule has 28 heavy (non-hydrogen) atoms. The second-order valence-electron chi connectivity index (χ2n) is 7.54. The lowest BCUT2D eigenvalue weighted by molar-refractivity contribution is -0.132. The van der Waals surface area contributed by atoms with Crippen molar-refractivity contribution in [2.75, 3.05) is 7.05 Å². The highest BCUT2D eigenvalue weighted by atomic mass is 19.3. The van der Waals surface area contributed by atoms with E-state index in [9.17, 15) is 18.4 Å². The Labute approximate surface area is 163 Å². The summed E-state index contributed by atoms with van der Waals surface area (Å²) in [7, 11) is 1.81. The molecule has 1 aliphatic rings. The van der Waals surface area contributed by atoms with Gasteiger partial charge in [-0.3, -0.25) is 18.8 Å². The predicted molar refractivity (Wildman–Crippen MR) is 104 cm³/mol. The van der Waals surface area contributed by atoms with Crippen LogP contribution in [0.15, 0.2) is 10.9 Å². The third-order valence-corrected chi connectivity index (χ3v) is 5.88. The Kier molecular flexibility index (Phi) is 6.15. The topological polar surface area (TPSA) is 60.1 Å². The van der Waals surface area contributed by atoms with E-state index in [1.165, 1.54) is 11.0 Å². The maximum Gasteiger partial charge on any atom is 0.264 e. The number of halogens is 2. The van der Waals surface area contributed by atoms with Crippen LogP contribution in [0.5, 0.6) is 0 Å².